The first-order valence-electron chi connectivity index (χ1n) is 5.71. The van der Waals surface area contributed by atoms with Gasteiger partial charge in [0.25, 0.3) is 0 Å². The first-order chi connectivity index (χ1) is 8.27. The van der Waals surface area contributed by atoms with Gasteiger partial charge in [-0.1, -0.05) is 30.3 Å². The SMILES string of the molecule is CC(Cl)c1nnnn1CCCc1ccccc1. The summed E-state index contributed by atoms with van der Waals surface area (Å²) in [6, 6.07) is 10.4. The number of rotatable bonds is 5. The Hall–Kier alpha value is -1.42. The monoisotopic (exact) mass is 250 g/mol. The van der Waals surface area contributed by atoms with Crippen molar-refractivity contribution in [1.29, 1.82) is 0 Å². The highest BCUT2D eigenvalue weighted by Crippen LogP contribution is 2.15. The van der Waals surface area contributed by atoms with Crippen LogP contribution in [-0.2, 0) is 13.0 Å². The van der Waals surface area contributed by atoms with Crippen LogP contribution < -0.4 is 0 Å². The summed E-state index contributed by atoms with van der Waals surface area (Å²) in [5, 5.41) is 11.3. The van der Waals surface area contributed by atoms with Crippen molar-refractivity contribution in [2.45, 2.75) is 31.7 Å². The zero-order chi connectivity index (χ0) is 12.1. The lowest BCUT2D eigenvalue weighted by atomic mass is 10.1. The van der Waals surface area contributed by atoms with Gasteiger partial charge in [0.05, 0.1) is 5.38 Å². The second-order valence-electron chi connectivity index (χ2n) is 3.97. The van der Waals surface area contributed by atoms with Crippen LogP contribution in [0.4, 0.5) is 0 Å². The van der Waals surface area contributed by atoms with Crippen molar-refractivity contribution in [3.8, 4) is 0 Å². The third-order valence-corrected chi connectivity index (χ3v) is 2.79. The van der Waals surface area contributed by atoms with E-state index >= 15 is 0 Å². The maximum absolute atomic E-state index is 5.98. The van der Waals surface area contributed by atoms with E-state index in [4.69, 9.17) is 11.6 Å². The van der Waals surface area contributed by atoms with E-state index in [9.17, 15) is 0 Å². The van der Waals surface area contributed by atoms with E-state index in [1.165, 1.54) is 5.56 Å². The van der Waals surface area contributed by atoms with Crippen LogP contribution in [0.1, 0.15) is 30.1 Å². The third-order valence-electron chi connectivity index (χ3n) is 2.59. The maximum atomic E-state index is 5.98. The van der Waals surface area contributed by atoms with Gasteiger partial charge in [-0.2, -0.15) is 0 Å². The molecule has 0 radical (unpaired) electrons. The van der Waals surface area contributed by atoms with Crippen LogP contribution in [0.2, 0.25) is 0 Å². The Morgan fingerprint density at radius 1 is 1.29 bits per heavy atom. The smallest absolute Gasteiger partial charge is 0.168 e. The molecule has 1 atom stereocenters. The molecule has 90 valence electrons. The Morgan fingerprint density at radius 2 is 2.06 bits per heavy atom. The zero-order valence-corrected chi connectivity index (χ0v) is 10.5. The molecule has 1 aromatic heterocycles. The number of benzene rings is 1. The van der Waals surface area contributed by atoms with Crippen LogP contribution >= 0.6 is 11.6 Å². The maximum Gasteiger partial charge on any atom is 0.168 e. The molecule has 1 heterocycles. The summed E-state index contributed by atoms with van der Waals surface area (Å²) in [5.41, 5.74) is 1.33. The van der Waals surface area contributed by atoms with Crippen LogP contribution in [0.15, 0.2) is 30.3 Å². The Labute approximate surface area is 106 Å². The minimum atomic E-state index is -0.151. The lowest BCUT2D eigenvalue weighted by Crippen LogP contribution is -2.07. The Morgan fingerprint density at radius 3 is 2.76 bits per heavy atom. The quantitative estimate of drug-likeness (QED) is 0.767. The van der Waals surface area contributed by atoms with Crippen molar-refractivity contribution in [2.24, 2.45) is 0 Å². The summed E-state index contributed by atoms with van der Waals surface area (Å²) in [6.45, 7) is 2.68. The Balaban J connectivity index is 1.88. The van der Waals surface area contributed by atoms with Crippen LogP contribution in [0.3, 0.4) is 0 Å². The van der Waals surface area contributed by atoms with Gasteiger partial charge >= 0.3 is 0 Å². The van der Waals surface area contributed by atoms with Gasteiger partial charge in [-0.3, -0.25) is 0 Å². The molecule has 0 aliphatic heterocycles. The normalized spacial score (nSPS) is 12.6. The standard InChI is InChI=1S/C12H15ClN4/c1-10(13)12-14-15-16-17(12)9-5-8-11-6-3-2-4-7-11/h2-4,6-7,10H,5,8-9H2,1H3. The lowest BCUT2D eigenvalue weighted by molar-refractivity contribution is 0.537. The molecular weight excluding hydrogens is 236 g/mol. The molecular formula is C12H15ClN4. The van der Waals surface area contributed by atoms with Gasteiger partial charge in [0.1, 0.15) is 0 Å². The van der Waals surface area contributed by atoms with Crippen LogP contribution in [0.5, 0.6) is 0 Å². The highest BCUT2D eigenvalue weighted by molar-refractivity contribution is 6.20. The van der Waals surface area contributed by atoms with Crippen LogP contribution in [0.25, 0.3) is 0 Å². The first kappa shape index (κ1) is 12.0. The highest BCUT2D eigenvalue weighted by Gasteiger charge is 2.10. The van der Waals surface area contributed by atoms with Crippen molar-refractivity contribution in [2.75, 3.05) is 0 Å². The lowest BCUT2D eigenvalue weighted by Gasteiger charge is -2.05. The number of nitrogens with zero attached hydrogens (tertiary/aromatic N) is 4. The average Bonchev–Trinajstić information content (AvgIpc) is 2.79. The van der Waals surface area contributed by atoms with E-state index in [1.54, 1.807) is 4.68 Å². The van der Waals surface area contributed by atoms with Crippen molar-refractivity contribution in [1.82, 2.24) is 20.2 Å². The van der Waals surface area contributed by atoms with Crippen molar-refractivity contribution in [3.05, 3.63) is 41.7 Å². The summed E-state index contributed by atoms with van der Waals surface area (Å²) in [7, 11) is 0. The minimum absolute atomic E-state index is 0.151. The molecule has 0 fully saturated rings. The van der Waals surface area contributed by atoms with Gasteiger partial charge in [0.2, 0.25) is 0 Å². The summed E-state index contributed by atoms with van der Waals surface area (Å²) < 4.78 is 1.78. The molecule has 0 aliphatic rings. The molecule has 1 unspecified atom stereocenters. The fourth-order valence-corrected chi connectivity index (χ4v) is 1.89. The molecule has 1 aromatic carbocycles. The molecule has 0 N–H and O–H groups in total. The van der Waals surface area contributed by atoms with Crippen LogP contribution in [-0.4, -0.2) is 20.2 Å². The largest absolute Gasteiger partial charge is 0.228 e. The molecule has 0 saturated carbocycles. The Kier molecular flexibility index (Phi) is 4.09. The number of aromatic nitrogens is 4. The van der Waals surface area contributed by atoms with E-state index in [1.807, 2.05) is 13.0 Å². The number of aryl methyl sites for hydroxylation is 2. The van der Waals surface area contributed by atoms with Gasteiger partial charge in [0.15, 0.2) is 5.82 Å². The molecule has 0 spiro atoms. The fraction of sp³-hybridized carbons (Fsp3) is 0.417. The molecule has 2 aromatic rings. The van der Waals surface area contributed by atoms with Gasteiger partial charge in [0, 0.05) is 6.54 Å². The number of tetrazole rings is 1. The zero-order valence-electron chi connectivity index (χ0n) is 9.75. The fourth-order valence-electron chi connectivity index (χ4n) is 1.73. The number of alkyl halides is 1. The average molecular weight is 251 g/mol. The second kappa shape index (κ2) is 5.77. The van der Waals surface area contributed by atoms with Gasteiger partial charge < -0.3 is 0 Å². The molecule has 0 saturated heterocycles. The van der Waals surface area contributed by atoms with Crippen LogP contribution in [0, 0.1) is 0 Å². The highest BCUT2D eigenvalue weighted by atomic mass is 35.5. The molecule has 4 nitrogen and oxygen atoms in total. The molecule has 0 aliphatic carbocycles. The summed E-state index contributed by atoms with van der Waals surface area (Å²) in [5.74, 6) is 0.736. The molecule has 17 heavy (non-hydrogen) atoms. The summed E-state index contributed by atoms with van der Waals surface area (Å²) in [6.07, 6.45) is 2.03. The van der Waals surface area contributed by atoms with E-state index in [0.29, 0.717) is 0 Å². The predicted octanol–water partition coefficient (Wildman–Crippen LogP) is 2.61. The third kappa shape index (κ3) is 3.27. The van der Waals surface area contributed by atoms with E-state index in [2.05, 4.69) is 39.8 Å². The molecule has 2 rings (SSSR count). The minimum Gasteiger partial charge on any atom is -0.228 e. The predicted molar refractivity (Wildman–Crippen MR) is 66.8 cm³/mol. The molecule has 0 amide bonds. The number of hydrogen-bond acceptors (Lipinski definition) is 3. The Bertz CT molecular complexity index is 453. The summed E-state index contributed by atoms with van der Waals surface area (Å²) >= 11 is 5.98. The van der Waals surface area contributed by atoms with Gasteiger partial charge in [-0.25, -0.2) is 4.68 Å². The number of hydrogen-bond donors (Lipinski definition) is 0. The second-order valence-corrected chi connectivity index (χ2v) is 4.62. The molecule has 5 heteroatoms. The number of halogens is 1. The first-order valence-corrected chi connectivity index (χ1v) is 6.15. The van der Waals surface area contributed by atoms with E-state index < -0.39 is 0 Å². The van der Waals surface area contributed by atoms with E-state index in [0.717, 1.165) is 25.2 Å². The van der Waals surface area contributed by atoms with Crippen molar-refractivity contribution >= 4 is 11.6 Å². The molecule has 0 bridgehead atoms. The summed E-state index contributed by atoms with van der Waals surface area (Å²) in [4.78, 5) is 0. The van der Waals surface area contributed by atoms with Crippen molar-refractivity contribution in [3.63, 3.8) is 0 Å². The topological polar surface area (TPSA) is 43.6 Å². The van der Waals surface area contributed by atoms with Gasteiger partial charge in [-0.05, 0) is 35.8 Å². The van der Waals surface area contributed by atoms with Crippen molar-refractivity contribution < 1.29 is 0 Å². The van der Waals surface area contributed by atoms with Gasteiger partial charge in [-0.15, -0.1) is 16.7 Å². The van der Waals surface area contributed by atoms with E-state index in [-0.39, 0.29) is 5.38 Å².